The minimum Gasteiger partial charge on any atom is -0.493 e. The van der Waals surface area contributed by atoms with Gasteiger partial charge < -0.3 is 15.2 Å². The van der Waals surface area contributed by atoms with Crippen LogP contribution in [0.15, 0.2) is 24.3 Å². The molecule has 0 aliphatic carbocycles. The van der Waals surface area contributed by atoms with Gasteiger partial charge in [0.15, 0.2) is 0 Å². The average Bonchev–Trinajstić information content (AvgIpc) is 2.34. The molecule has 1 rings (SSSR count). The molecule has 2 N–H and O–H groups in total. The average molecular weight is 293 g/mol. The molecule has 1 aromatic rings. The molecule has 0 unspecified atom stereocenters. The summed E-state index contributed by atoms with van der Waals surface area (Å²) in [5.41, 5.74) is -0.319. The lowest BCUT2D eigenvalue weighted by molar-refractivity contribution is -0.138. The van der Waals surface area contributed by atoms with Crippen LogP contribution in [0.4, 0.5) is 0 Å². The summed E-state index contributed by atoms with van der Waals surface area (Å²) in [4.78, 5) is 22.8. The summed E-state index contributed by atoms with van der Waals surface area (Å²) in [6.07, 6.45) is -0.131. The van der Waals surface area contributed by atoms with Gasteiger partial charge >= 0.3 is 5.97 Å². The lowest BCUT2D eigenvalue weighted by Gasteiger charge is -2.24. The Balaban J connectivity index is 2.64. The van der Waals surface area contributed by atoms with E-state index in [0.717, 1.165) is 0 Å². The number of amides is 1. The lowest BCUT2D eigenvalue weighted by atomic mass is 10.00. The Morgan fingerprint density at radius 2 is 1.81 bits per heavy atom. The van der Waals surface area contributed by atoms with Gasteiger partial charge in [0, 0.05) is 11.1 Å². The van der Waals surface area contributed by atoms with Gasteiger partial charge in [0.05, 0.1) is 13.0 Å². The molecular weight excluding hydrogens is 270 g/mol. The zero-order valence-corrected chi connectivity index (χ0v) is 13.0. The zero-order chi connectivity index (χ0) is 16.0. The number of carbonyl (C=O) groups is 2. The molecule has 0 saturated carbocycles. The van der Waals surface area contributed by atoms with E-state index < -0.39 is 11.5 Å². The first-order valence-electron chi connectivity index (χ1n) is 6.97. The van der Waals surface area contributed by atoms with E-state index in [-0.39, 0.29) is 12.3 Å². The molecule has 0 bridgehead atoms. The summed E-state index contributed by atoms with van der Waals surface area (Å²) in [6.45, 7) is 8.11. The Morgan fingerprint density at radius 1 is 1.24 bits per heavy atom. The maximum atomic E-state index is 12.1. The van der Waals surface area contributed by atoms with Crippen molar-refractivity contribution in [3.63, 3.8) is 0 Å². The van der Waals surface area contributed by atoms with Crippen LogP contribution in [0.25, 0.3) is 0 Å². The van der Waals surface area contributed by atoms with Crippen LogP contribution in [0.1, 0.15) is 44.5 Å². The van der Waals surface area contributed by atoms with Gasteiger partial charge in [0.1, 0.15) is 5.75 Å². The second-order valence-corrected chi connectivity index (χ2v) is 6.14. The van der Waals surface area contributed by atoms with E-state index in [2.05, 4.69) is 19.2 Å². The molecule has 1 amide bonds. The van der Waals surface area contributed by atoms with E-state index in [0.29, 0.717) is 23.8 Å². The van der Waals surface area contributed by atoms with Crippen LogP contribution >= 0.6 is 0 Å². The molecule has 0 aromatic heterocycles. The van der Waals surface area contributed by atoms with Crippen LogP contribution in [0, 0.1) is 5.92 Å². The summed E-state index contributed by atoms with van der Waals surface area (Å²) < 4.78 is 5.55. The van der Waals surface area contributed by atoms with Crippen LogP contribution in [-0.4, -0.2) is 29.1 Å². The second kappa shape index (κ2) is 7.11. The van der Waals surface area contributed by atoms with Gasteiger partial charge in [-0.15, -0.1) is 0 Å². The maximum Gasteiger partial charge on any atom is 0.305 e. The molecule has 0 aliphatic rings. The van der Waals surface area contributed by atoms with Gasteiger partial charge in [-0.25, -0.2) is 0 Å². The minimum atomic E-state index is -0.947. The highest BCUT2D eigenvalue weighted by atomic mass is 16.5. The highest BCUT2D eigenvalue weighted by Crippen LogP contribution is 2.15. The fraction of sp³-hybridized carbons (Fsp3) is 0.500. The molecule has 0 aliphatic heterocycles. The van der Waals surface area contributed by atoms with Gasteiger partial charge in [-0.05, 0) is 44.0 Å². The van der Waals surface area contributed by atoms with Crippen molar-refractivity contribution in [2.75, 3.05) is 6.61 Å². The molecule has 0 atom stereocenters. The van der Waals surface area contributed by atoms with E-state index in [1.165, 1.54) is 0 Å². The molecule has 5 heteroatoms. The number of nitrogens with one attached hydrogen (secondary N) is 1. The van der Waals surface area contributed by atoms with Crippen molar-refractivity contribution in [1.29, 1.82) is 0 Å². The Kier molecular flexibility index (Phi) is 5.76. The third kappa shape index (κ3) is 6.29. The molecule has 5 nitrogen and oxygen atoms in total. The number of carboxylic acids is 1. The number of hydrogen-bond acceptors (Lipinski definition) is 3. The molecule has 0 fully saturated rings. The van der Waals surface area contributed by atoms with Gasteiger partial charge in [0.2, 0.25) is 0 Å². The summed E-state index contributed by atoms with van der Waals surface area (Å²) in [7, 11) is 0. The monoisotopic (exact) mass is 293 g/mol. The Hall–Kier alpha value is -2.04. The number of aliphatic carboxylic acids is 1. The molecule has 0 saturated heterocycles. The predicted octanol–water partition coefficient (Wildman–Crippen LogP) is 2.70. The quantitative estimate of drug-likeness (QED) is 0.810. The van der Waals surface area contributed by atoms with Crippen molar-refractivity contribution in [2.45, 2.75) is 39.7 Å². The number of carbonyl (C=O) groups excluding carboxylic acids is 1. The molecular formula is C16H23NO4. The lowest BCUT2D eigenvalue weighted by Crippen LogP contribution is -2.44. The minimum absolute atomic E-state index is 0.131. The Morgan fingerprint density at radius 3 is 2.29 bits per heavy atom. The second-order valence-electron chi connectivity index (χ2n) is 6.14. The number of hydrogen-bond donors (Lipinski definition) is 2. The number of benzene rings is 1. The number of carboxylic acid groups (broad SMARTS) is 1. The zero-order valence-electron chi connectivity index (χ0n) is 13.0. The Labute approximate surface area is 125 Å². The maximum absolute atomic E-state index is 12.1. The first kappa shape index (κ1) is 17.0. The third-order valence-electron chi connectivity index (χ3n) is 2.74. The Bertz CT molecular complexity index is 492. The van der Waals surface area contributed by atoms with Crippen molar-refractivity contribution in [3.05, 3.63) is 29.8 Å². The van der Waals surface area contributed by atoms with Gasteiger partial charge in [0.25, 0.3) is 5.91 Å². The van der Waals surface area contributed by atoms with Gasteiger partial charge in [-0.1, -0.05) is 13.8 Å². The fourth-order valence-corrected chi connectivity index (χ4v) is 1.77. The predicted molar refractivity (Wildman–Crippen MR) is 80.6 cm³/mol. The highest BCUT2D eigenvalue weighted by molar-refractivity contribution is 5.95. The first-order chi connectivity index (χ1) is 9.69. The summed E-state index contributed by atoms with van der Waals surface area (Å²) >= 11 is 0. The topological polar surface area (TPSA) is 75.6 Å². The van der Waals surface area contributed by atoms with Gasteiger partial charge in [-0.3, -0.25) is 9.59 Å². The van der Waals surface area contributed by atoms with Crippen molar-refractivity contribution < 1.29 is 19.4 Å². The van der Waals surface area contributed by atoms with Crippen LogP contribution in [0.3, 0.4) is 0 Å². The fourth-order valence-electron chi connectivity index (χ4n) is 1.77. The standard InChI is InChI=1S/C16H23NO4/c1-11(2)10-21-13-7-5-12(6-8-13)15(20)17-16(3,4)9-14(18)19/h5-8,11H,9-10H2,1-4H3,(H,17,20)(H,18,19). The summed E-state index contributed by atoms with van der Waals surface area (Å²) in [6, 6.07) is 6.81. The SMILES string of the molecule is CC(C)COc1ccc(C(=O)NC(C)(C)CC(=O)O)cc1. The molecule has 0 spiro atoms. The largest absolute Gasteiger partial charge is 0.493 e. The van der Waals surface area contributed by atoms with E-state index >= 15 is 0 Å². The van der Waals surface area contributed by atoms with Crippen LogP contribution in [0.5, 0.6) is 5.75 Å². The van der Waals surface area contributed by atoms with Crippen LogP contribution in [0.2, 0.25) is 0 Å². The van der Waals surface area contributed by atoms with Gasteiger partial charge in [-0.2, -0.15) is 0 Å². The van der Waals surface area contributed by atoms with Crippen LogP contribution in [-0.2, 0) is 4.79 Å². The smallest absolute Gasteiger partial charge is 0.305 e. The summed E-state index contributed by atoms with van der Waals surface area (Å²) in [5.74, 6) is -0.0933. The third-order valence-corrected chi connectivity index (χ3v) is 2.74. The molecule has 116 valence electrons. The normalized spacial score (nSPS) is 11.3. The molecule has 21 heavy (non-hydrogen) atoms. The molecule has 0 radical (unpaired) electrons. The van der Waals surface area contributed by atoms with Crippen molar-refractivity contribution in [3.8, 4) is 5.75 Å². The van der Waals surface area contributed by atoms with Crippen molar-refractivity contribution in [1.82, 2.24) is 5.32 Å². The number of ether oxygens (including phenoxy) is 1. The molecule has 1 aromatic carbocycles. The number of rotatable bonds is 7. The van der Waals surface area contributed by atoms with E-state index in [4.69, 9.17) is 9.84 Å². The first-order valence-corrected chi connectivity index (χ1v) is 6.97. The van der Waals surface area contributed by atoms with Crippen LogP contribution < -0.4 is 10.1 Å². The summed E-state index contributed by atoms with van der Waals surface area (Å²) in [5, 5.41) is 11.5. The highest BCUT2D eigenvalue weighted by Gasteiger charge is 2.24. The molecule has 0 heterocycles. The van der Waals surface area contributed by atoms with E-state index in [9.17, 15) is 9.59 Å². The van der Waals surface area contributed by atoms with Crippen molar-refractivity contribution >= 4 is 11.9 Å². The van der Waals surface area contributed by atoms with E-state index in [1.54, 1.807) is 38.1 Å². The van der Waals surface area contributed by atoms with Crippen molar-refractivity contribution in [2.24, 2.45) is 5.92 Å². The van der Waals surface area contributed by atoms with E-state index in [1.807, 2.05) is 0 Å².